The van der Waals surface area contributed by atoms with Gasteiger partial charge in [0.2, 0.25) is 0 Å². The Morgan fingerprint density at radius 2 is 2.24 bits per heavy atom. The van der Waals surface area contributed by atoms with Crippen LogP contribution in [0.4, 0.5) is 5.69 Å². The number of hydrogen-bond donors (Lipinski definition) is 2. The van der Waals surface area contributed by atoms with Crippen molar-refractivity contribution in [1.29, 1.82) is 0 Å². The molecule has 0 saturated carbocycles. The van der Waals surface area contributed by atoms with Gasteiger partial charge in [0.25, 0.3) is 0 Å². The fourth-order valence-corrected chi connectivity index (χ4v) is 1.29. The molecule has 0 amide bonds. The molecular weight excluding hydrogens is 222 g/mol. The monoisotopic (exact) mass is 239 g/mol. The average molecular weight is 239 g/mol. The Hall–Kier alpha value is -1.75. The van der Waals surface area contributed by atoms with E-state index in [2.05, 4.69) is 0 Å². The van der Waals surface area contributed by atoms with Gasteiger partial charge in [-0.25, -0.2) is 4.79 Å². The van der Waals surface area contributed by atoms with Crippen LogP contribution >= 0.6 is 0 Å². The molecule has 0 bridgehead atoms. The van der Waals surface area contributed by atoms with Crippen molar-refractivity contribution in [3.05, 3.63) is 23.8 Å². The highest BCUT2D eigenvalue weighted by atomic mass is 16.5. The van der Waals surface area contributed by atoms with Gasteiger partial charge >= 0.3 is 5.97 Å². The molecule has 0 heterocycles. The van der Waals surface area contributed by atoms with Gasteiger partial charge in [-0.1, -0.05) is 13.0 Å². The van der Waals surface area contributed by atoms with Crippen LogP contribution in [0.15, 0.2) is 18.2 Å². The molecule has 5 nitrogen and oxygen atoms in total. The van der Waals surface area contributed by atoms with E-state index in [9.17, 15) is 4.79 Å². The van der Waals surface area contributed by atoms with E-state index in [4.69, 9.17) is 20.3 Å². The van der Waals surface area contributed by atoms with E-state index in [0.717, 1.165) is 0 Å². The number of carbonyl (C=O) groups excluding carboxylic acids is 1. The van der Waals surface area contributed by atoms with E-state index in [1.807, 2.05) is 0 Å². The number of ether oxygens (including phenoxy) is 2. The van der Waals surface area contributed by atoms with E-state index in [1.54, 1.807) is 25.1 Å². The van der Waals surface area contributed by atoms with Gasteiger partial charge in [-0.05, 0) is 12.1 Å². The van der Waals surface area contributed by atoms with Crippen LogP contribution in [0.5, 0.6) is 5.75 Å². The number of hydrogen-bond acceptors (Lipinski definition) is 5. The molecule has 1 aromatic rings. The van der Waals surface area contributed by atoms with Crippen molar-refractivity contribution in [2.45, 2.75) is 6.92 Å². The number of anilines is 1. The average Bonchev–Trinajstić information content (AvgIpc) is 2.35. The molecule has 0 aliphatic carbocycles. The van der Waals surface area contributed by atoms with Crippen molar-refractivity contribution in [2.24, 2.45) is 5.92 Å². The number of esters is 1. The number of para-hydroxylation sites is 1. The minimum absolute atomic E-state index is 0.0264. The van der Waals surface area contributed by atoms with Crippen LogP contribution < -0.4 is 10.5 Å². The molecule has 0 aliphatic heterocycles. The lowest BCUT2D eigenvalue weighted by Crippen LogP contribution is -2.15. The second-order valence-electron chi connectivity index (χ2n) is 3.81. The maximum absolute atomic E-state index is 11.8. The maximum Gasteiger partial charge on any atom is 0.342 e. The van der Waals surface area contributed by atoms with Crippen LogP contribution in [0.3, 0.4) is 0 Å². The van der Waals surface area contributed by atoms with Crippen LogP contribution in [0.1, 0.15) is 17.3 Å². The Labute approximate surface area is 100 Å². The minimum Gasteiger partial charge on any atom is -0.494 e. The third kappa shape index (κ3) is 3.35. The number of aliphatic hydroxyl groups excluding tert-OH is 1. The quantitative estimate of drug-likeness (QED) is 0.593. The summed E-state index contributed by atoms with van der Waals surface area (Å²) in [5, 5.41) is 8.83. The van der Waals surface area contributed by atoms with Gasteiger partial charge in [-0.3, -0.25) is 0 Å². The Bertz CT molecular complexity index is 392. The highest BCUT2D eigenvalue weighted by Gasteiger charge is 2.16. The molecule has 0 spiro atoms. The van der Waals surface area contributed by atoms with E-state index in [1.165, 1.54) is 7.11 Å². The summed E-state index contributed by atoms with van der Waals surface area (Å²) < 4.78 is 10.1. The smallest absolute Gasteiger partial charge is 0.342 e. The van der Waals surface area contributed by atoms with Crippen LogP contribution in [0.2, 0.25) is 0 Å². The summed E-state index contributed by atoms with van der Waals surface area (Å²) >= 11 is 0. The number of nitrogens with two attached hydrogens (primary N) is 1. The van der Waals surface area contributed by atoms with Crippen LogP contribution in [0, 0.1) is 5.92 Å². The Kier molecular flexibility index (Phi) is 4.78. The standard InChI is InChI=1S/C12H17NO4/c1-8(6-14)7-17-12(15)9-4-3-5-10(13)11(9)16-2/h3-5,8,14H,6-7,13H2,1-2H3. The van der Waals surface area contributed by atoms with Crippen LogP contribution in [-0.2, 0) is 4.74 Å². The molecule has 1 atom stereocenters. The molecule has 0 aliphatic rings. The first kappa shape index (κ1) is 13.3. The number of nitrogen functional groups attached to an aromatic ring is 1. The molecule has 94 valence electrons. The second-order valence-corrected chi connectivity index (χ2v) is 3.81. The summed E-state index contributed by atoms with van der Waals surface area (Å²) in [6, 6.07) is 4.89. The fraction of sp³-hybridized carbons (Fsp3) is 0.417. The lowest BCUT2D eigenvalue weighted by Gasteiger charge is -2.12. The van der Waals surface area contributed by atoms with Crippen molar-refractivity contribution >= 4 is 11.7 Å². The number of aliphatic hydroxyl groups is 1. The molecule has 0 fully saturated rings. The molecule has 5 heteroatoms. The lowest BCUT2D eigenvalue weighted by atomic mass is 10.1. The molecule has 0 aromatic heterocycles. The topological polar surface area (TPSA) is 81.8 Å². The number of methoxy groups -OCH3 is 1. The largest absolute Gasteiger partial charge is 0.494 e. The van der Waals surface area contributed by atoms with Crippen molar-refractivity contribution < 1.29 is 19.4 Å². The lowest BCUT2D eigenvalue weighted by molar-refractivity contribution is 0.0402. The third-order valence-corrected chi connectivity index (χ3v) is 2.28. The first-order valence-electron chi connectivity index (χ1n) is 5.30. The second kappa shape index (κ2) is 6.10. The molecule has 0 saturated heterocycles. The Balaban J connectivity index is 2.78. The van der Waals surface area contributed by atoms with Gasteiger partial charge in [0, 0.05) is 12.5 Å². The summed E-state index contributed by atoms with van der Waals surface area (Å²) in [7, 11) is 1.44. The highest BCUT2D eigenvalue weighted by Crippen LogP contribution is 2.26. The predicted octanol–water partition coefficient (Wildman–Crippen LogP) is 1.06. The first-order chi connectivity index (χ1) is 8.10. The predicted molar refractivity (Wildman–Crippen MR) is 63.9 cm³/mol. The number of rotatable bonds is 5. The number of benzene rings is 1. The third-order valence-electron chi connectivity index (χ3n) is 2.28. The molecular formula is C12H17NO4. The maximum atomic E-state index is 11.8. The van der Waals surface area contributed by atoms with E-state index >= 15 is 0 Å². The zero-order chi connectivity index (χ0) is 12.8. The van der Waals surface area contributed by atoms with Crippen LogP contribution in [-0.4, -0.2) is 31.4 Å². The molecule has 17 heavy (non-hydrogen) atoms. The van der Waals surface area contributed by atoms with Crippen molar-refractivity contribution in [2.75, 3.05) is 26.1 Å². The first-order valence-corrected chi connectivity index (χ1v) is 5.30. The van der Waals surface area contributed by atoms with Gasteiger partial charge in [-0.2, -0.15) is 0 Å². The van der Waals surface area contributed by atoms with Crippen molar-refractivity contribution in [3.63, 3.8) is 0 Å². The van der Waals surface area contributed by atoms with Gasteiger partial charge in [0.15, 0.2) is 5.75 Å². The normalized spacial score (nSPS) is 11.9. The van der Waals surface area contributed by atoms with Gasteiger partial charge in [0.05, 0.1) is 19.4 Å². The van der Waals surface area contributed by atoms with Gasteiger partial charge in [0.1, 0.15) is 5.56 Å². The molecule has 0 radical (unpaired) electrons. The summed E-state index contributed by atoms with van der Waals surface area (Å²) in [5.74, 6) is -0.283. The summed E-state index contributed by atoms with van der Waals surface area (Å²) in [6.45, 7) is 1.92. The molecule has 1 aromatic carbocycles. The molecule has 3 N–H and O–H groups in total. The SMILES string of the molecule is COc1c(N)cccc1C(=O)OCC(C)CO. The minimum atomic E-state index is -0.505. The highest BCUT2D eigenvalue weighted by molar-refractivity contribution is 5.94. The molecule has 1 rings (SSSR count). The summed E-state index contributed by atoms with van der Waals surface area (Å²) in [4.78, 5) is 11.8. The van der Waals surface area contributed by atoms with Crippen molar-refractivity contribution in [3.8, 4) is 5.75 Å². The van der Waals surface area contributed by atoms with Gasteiger partial charge in [-0.15, -0.1) is 0 Å². The van der Waals surface area contributed by atoms with E-state index < -0.39 is 5.97 Å². The molecule has 1 unspecified atom stereocenters. The summed E-state index contributed by atoms with van der Waals surface area (Å²) in [6.07, 6.45) is 0. The van der Waals surface area contributed by atoms with E-state index in [-0.39, 0.29) is 24.7 Å². The Morgan fingerprint density at radius 1 is 1.53 bits per heavy atom. The summed E-state index contributed by atoms with van der Waals surface area (Å²) in [5.41, 5.74) is 6.35. The van der Waals surface area contributed by atoms with Gasteiger partial charge < -0.3 is 20.3 Å². The van der Waals surface area contributed by atoms with E-state index in [0.29, 0.717) is 11.4 Å². The fourth-order valence-electron chi connectivity index (χ4n) is 1.29. The zero-order valence-corrected chi connectivity index (χ0v) is 9.97. The number of carbonyl (C=O) groups is 1. The Morgan fingerprint density at radius 3 is 2.82 bits per heavy atom. The van der Waals surface area contributed by atoms with Crippen LogP contribution in [0.25, 0.3) is 0 Å². The van der Waals surface area contributed by atoms with Crippen molar-refractivity contribution in [1.82, 2.24) is 0 Å². The zero-order valence-electron chi connectivity index (χ0n) is 9.97.